The average molecular weight is 295 g/mol. The van der Waals surface area contributed by atoms with Gasteiger partial charge >= 0.3 is 0 Å². The van der Waals surface area contributed by atoms with Gasteiger partial charge in [0.1, 0.15) is 7.22 Å². The molecule has 1 aromatic carbocycles. The lowest BCUT2D eigenvalue weighted by molar-refractivity contribution is 0.970. The number of hydrogen-bond donors (Lipinski definition) is 0. The summed E-state index contributed by atoms with van der Waals surface area (Å²) in [7, 11) is -2.65. The third-order valence-corrected chi connectivity index (χ3v) is 8.01. The van der Waals surface area contributed by atoms with E-state index < -0.39 is 15.5 Å². The number of imidazole rings is 1. The minimum absolute atomic E-state index is 1.14. The van der Waals surface area contributed by atoms with Crippen LogP contribution in [-0.4, -0.2) is 24.7 Å². The highest BCUT2D eigenvalue weighted by Crippen LogP contribution is 2.33. The summed E-state index contributed by atoms with van der Waals surface area (Å²) in [5, 5.41) is 1.23. The third kappa shape index (κ3) is 2.89. The lowest BCUT2D eigenvalue weighted by atomic mass is 10.3. The molecule has 1 aromatic heterocycles. The van der Waals surface area contributed by atoms with E-state index in [0.717, 1.165) is 5.52 Å². The molecule has 0 aliphatic heterocycles. The summed E-state index contributed by atoms with van der Waals surface area (Å²) >= 11 is 2.01. The first-order valence-electron chi connectivity index (χ1n) is 6.35. The van der Waals surface area contributed by atoms with Crippen molar-refractivity contribution in [2.45, 2.75) is 44.4 Å². The van der Waals surface area contributed by atoms with Crippen LogP contribution in [0.15, 0.2) is 29.4 Å². The van der Waals surface area contributed by atoms with Crippen molar-refractivity contribution in [1.29, 1.82) is 0 Å². The van der Waals surface area contributed by atoms with E-state index in [1.165, 1.54) is 10.7 Å². The van der Waals surface area contributed by atoms with E-state index in [-0.39, 0.29) is 0 Å². The van der Waals surface area contributed by atoms with Crippen LogP contribution in [0, 0.1) is 0 Å². The molecule has 0 saturated carbocycles. The molecule has 0 atom stereocenters. The van der Waals surface area contributed by atoms with Crippen LogP contribution in [0.4, 0.5) is 0 Å². The molecule has 0 radical (unpaired) electrons. The van der Waals surface area contributed by atoms with E-state index in [1.807, 2.05) is 11.2 Å². The zero-order chi connectivity index (χ0) is 13.6. The highest BCUT2D eigenvalue weighted by molar-refractivity contribution is 8.28. The zero-order valence-electron chi connectivity index (χ0n) is 12.1. The summed E-state index contributed by atoms with van der Waals surface area (Å²) in [6, 6.07) is 8.52. The number of benzene rings is 1. The Labute approximate surface area is 116 Å². The molecule has 0 unspecified atom stereocenters. The number of fused-ring (bicyclic) bond motifs is 1. The molecule has 18 heavy (non-hydrogen) atoms. The predicted molar refractivity (Wildman–Crippen MR) is 87.7 cm³/mol. The molecule has 2 rings (SSSR count). The normalized spacial score (nSPS) is 13.2. The van der Waals surface area contributed by atoms with Gasteiger partial charge in [0.15, 0.2) is 13.4 Å². The molecule has 2 nitrogen and oxygen atoms in total. The monoisotopic (exact) mass is 294 g/mol. The maximum absolute atomic E-state index is 4.86. The van der Waals surface area contributed by atoms with Crippen molar-refractivity contribution in [3.8, 4) is 0 Å². The van der Waals surface area contributed by atoms with Gasteiger partial charge in [-0.05, 0) is 12.1 Å². The zero-order valence-corrected chi connectivity index (χ0v) is 14.9. The van der Waals surface area contributed by atoms with Crippen molar-refractivity contribution in [3.05, 3.63) is 24.3 Å². The van der Waals surface area contributed by atoms with Gasteiger partial charge in [-0.15, -0.1) is 11.2 Å². The summed E-state index contributed by atoms with van der Waals surface area (Å²) in [6.45, 7) is 14.3. The fraction of sp³-hybridized carbons (Fsp3) is 0.462. The Morgan fingerprint density at radius 1 is 1.00 bits per heavy atom. The molecule has 1 heterocycles. The third-order valence-electron chi connectivity index (χ3n) is 2.60. The second-order valence-corrected chi connectivity index (χ2v) is 20.5. The molecule has 0 N–H and O–H groups in total. The summed E-state index contributed by atoms with van der Waals surface area (Å²) in [4.78, 5) is 4.86. The largest absolute Gasteiger partial charge is 0.348 e. The molecule has 0 bridgehead atoms. The number of aromatic nitrogens is 2. The molecule has 5 heteroatoms. The number of rotatable bonds is 3. The van der Waals surface area contributed by atoms with Crippen LogP contribution in [0.5, 0.6) is 0 Å². The van der Waals surface area contributed by atoms with Gasteiger partial charge in [-0.1, -0.05) is 51.4 Å². The number of hydrogen-bond acceptors (Lipinski definition) is 2. The summed E-state index contributed by atoms with van der Waals surface area (Å²) in [5.41, 5.74) is 2.44. The Balaban J connectivity index is 2.65. The van der Waals surface area contributed by atoms with E-state index in [1.54, 1.807) is 0 Å². The number of para-hydroxylation sites is 2. The van der Waals surface area contributed by atoms with Gasteiger partial charge in [-0.25, -0.2) is 4.98 Å². The fourth-order valence-electron chi connectivity index (χ4n) is 1.99. The Kier molecular flexibility index (Phi) is 3.51. The van der Waals surface area contributed by atoms with Crippen LogP contribution < -0.4 is 0 Å². The molecule has 98 valence electrons. The van der Waals surface area contributed by atoms with Gasteiger partial charge in [0.05, 0.1) is 11.0 Å². The lowest BCUT2D eigenvalue weighted by Crippen LogP contribution is -2.33. The Morgan fingerprint density at radius 2 is 1.61 bits per heavy atom. The molecule has 0 fully saturated rings. The van der Waals surface area contributed by atoms with Crippen LogP contribution in [-0.2, 0) is 0 Å². The van der Waals surface area contributed by atoms with Crippen molar-refractivity contribution < 1.29 is 0 Å². The maximum Gasteiger partial charge on any atom is 0.156 e. The van der Waals surface area contributed by atoms with Crippen LogP contribution in [0.2, 0.25) is 39.3 Å². The lowest BCUT2D eigenvalue weighted by Gasteiger charge is -2.24. The second-order valence-electron chi connectivity index (χ2n) is 6.60. The number of nitrogens with zero attached hydrogens (tertiary/aromatic N) is 2. The molecule has 0 saturated heterocycles. The molecule has 2 aromatic rings. The van der Waals surface area contributed by atoms with Gasteiger partial charge in [0, 0.05) is 0 Å². The molecule has 0 amide bonds. The van der Waals surface area contributed by atoms with Crippen LogP contribution in [0.1, 0.15) is 0 Å². The second kappa shape index (κ2) is 4.54. The smallest absolute Gasteiger partial charge is 0.156 e. The molecule has 0 aliphatic carbocycles. The molecular formula is C13H22N2SSi2. The van der Waals surface area contributed by atoms with Crippen molar-refractivity contribution in [2.75, 3.05) is 0 Å². The van der Waals surface area contributed by atoms with Gasteiger partial charge in [0.25, 0.3) is 0 Å². The van der Waals surface area contributed by atoms with E-state index in [4.69, 9.17) is 4.98 Å². The SMILES string of the molecule is C[Si](C)(C)Sc1nc2ccccc2n1[Si](C)(C)C. The Hall–Kier alpha value is -0.526. The summed E-state index contributed by atoms with van der Waals surface area (Å²) < 4.78 is 2.52. The maximum atomic E-state index is 4.86. The van der Waals surface area contributed by atoms with E-state index in [0.29, 0.717) is 0 Å². The molecule has 0 aliphatic rings. The summed E-state index contributed by atoms with van der Waals surface area (Å²) in [6.07, 6.45) is 0. The summed E-state index contributed by atoms with van der Waals surface area (Å²) in [5.74, 6) is 0. The van der Waals surface area contributed by atoms with Crippen molar-refractivity contribution >= 4 is 37.7 Å². The van der Waals surface area contributed by atoms with Crippen LogP contribution in [0.25, 0.3) is 11.0 Å². The predicted octanol–water partition coefficient (Wildman–Crippen LogP) is 4.65. The van der Waals surface area contributed by atoms with Crippen molar-refractivity contribution in [1.82, 2.24) is 9.22 Å². The highest BCUT2D eigenvalue weighted by Gasteiger charge is 2.27. The fourth-order valence-corrected chi connectivity index (χ4v) is 7.70. The first-order chi connectivity index (χ1) is 8.18. The van der Waals surface area contributed by atoms with Gasteiger partial charge < -0.3 is 4.23 Å². The molecule has 0 spiro atoms. The van der Waals surface area contributed by atoms with Crippen molar-refractivity contribution in [2.24, 2.45) is 0 Å². The average Bonchev–Trinajstić information content (AvgIpc) is 2.50. The Bertz CT molecular complexity index is 564. The standard InChI is InChI=1S/C13H22N2SSi2/c1-17(2,3)15-12-10-8-7-9-11(12)14-13(15)16-18(4,5)6/h7-10H,1-6H3. The van der Waals surface area contributed by atoms with Gasteiger partial charge in [-0.2, -0.15) is 0 Å². The first kappa shape index (κ1) is 13.9. The Morgan fingerprint density at radius 3 is 2.17 bits per heavy atom. The van der Waals surface area contributed by atoms with E-state index >= 15 is 0 Å². The van der Waals surface area contributed by atoms with Gasteiger partial charge in [0.2, 0.25) is 0 Å². The first-order valence-corrected chi connectivity index (χ1v) is 14.8. The van der Waals surface area contributed by atoms with Crippen LogP contribution >= 0.6 is 11.2 Å². The molecular weight excluding hydrogens is 272 g/mol. The van der Waals surface area contributed by atoms with Gasteiger partial charge in [-0.3, -0.25) is 0 Å². The minimum atomic E-state index is -1.43. The minimum Gasteiger partial charge on any atom is -0.348 e. The van der Waals surface area contributed by atoms with E-state index in [2.05, 4.69) is 67.8 Å². The quantitative estimate of drug-likeness (QED) is 0.767. The topological polar surface area (TPSA) is 17.8 Å². The van der Waals surface area contributed by atoms with E-state index in [9.17, 15) is 0 Å². The van der Waals surface area contributed by atoms with Crippen molar-refractivity contribution in [3.63, 3.8) is 0 Å². The van der Waals surface area contributed by atoms with Crippen LogP contribution in [0.3, 0.4) is 0 Å². The highest BCUT2D eigenvalue weighted by atomic mass is 32.4.